The van der Waals surface area contributed by atoms with Crippen LogP contribution in [0.25, 0.3) is 0 Å². The minimum atomic E-state index is -5.33. The third-order valence-electron chi connectivity index (χ3n) is 2.89. The Morgan fingerprint density at radius 2 is 1.83 bits per heavy atom. The number of nitrogens with one attached hydrogen (secondary N) is 1. The van der Waals surface area contributed by atoms with Crippen LogP contribution in [0.3, 0.4) is 0 Å². The maximum atomic E-state index is 13.0. The molecule has 0 radical (unpaired) electrons. The van der Waals surface area contributed by atoms with E-state index >= 15 is 0 Å². The smallest absolute Gasteiger partial charge is 0.481 e. The van der Waals surface area contributed by atoms with Gasteiger partial charge in [0.05, 0.1) is 6.42 Å². The maximum Gasteiger partial charge on any atom is 0.509 e. The molecule has 2 N–H and O–H groups in total. The number of benzene rings is 1. The fraction of sp³-hybridized carbons (Fsp3) is 0.429. The summed E-state index contributed by atoms with van der Waals surface area (Å²) in [4.78, 5) is 22.6. The van der Waals surface area contributed by atoms with E-state index < -0.39 is 36.5 Å². The Hall–Kier alpha value is -2.19. The monoisotopic (exact) mass is 332 g/mol. The Kier molecular flexibility index (Phi) is 5.34. The fourth-order valence-electron chi connectivity index (χ4n) is 1.88. The summed E-state index contributed by atoms with van der Waals surface area (Å²) in [5.74, 6) is -1.26. The molecule has 0 aliphatic heterocycles. The van der Waals surface area contributed by atoms with Gasteiger partial charge in [-0.3, -0.25) is 10.1 Å². The molecule has 1 rings (SSSR count). The van der Waals surface area contributed by atoms with Crippen molar-refractivity contribution >= 4 is 30.2 Å². The molecule has 0 atom stereocenters. The number of aliphatic carboxylic acids is 1. The molecule has 0 aliphatic carbocycles. The van der Waals surface area contributed by atoms with Gasteiger partial charge in [-0.15, -0.1) is 5.46 Å². The molecule has 5 nitrogen and oxygen atoms in total. The summed E-state index contributed by atoms with van der Waals surface area (Å²) in [7, 11) is 0. The van der Waals surface area contributed by atoms with E-state index in [9.17, 15) is 22.5 Å². The molecule has 0 unspecified atom stereocenters. The van der Waals surface area contributed by atoms with Crippen LogP contribution in [-0.4, -0.2) is 29.7 Å². The molecule has 0 spiro atoms. The zero-order chi connectivity index (χ0) is 18.0. The van der Waals surface area contributed by atoms with E-state index in [4.69, 9.17) is 9.84 Å². The van der Waals surface area contributed by atoms with Gasteiger partial charge in [0, 0.05) is 5.69 Å². The molecule has 0 bridgehead atoms. The van der Waals surface area contributed by atoms with Crippen molar-refractivity contribution in [2.24, 2.45) is 0 Å². The molecule has 128 valence electrons. The first-order valence-corrected chi connectivity index (χ1v) is 6.85. The first-order valence-electron chi connectivity index (χ1n) is 6.85. The number of rotatable bonds is 4. The van der Waals surface area contributed by atoms with Crippen LogP contribution in [0.4, 0.5) is 23.4 Å². The highest BCUT2D eigenvalue weighted by Gasteiger charge is 2.28. The molecule has 9 heteroatoms. The van der Waals surface area contributed by atoms with Gasteiger partial charge in [-0.2, -0.15) is 0 Å². The van der Waals surface area contributed by atoms with Gasteiger partial charge >= 0.3 is 19.0 Å². The Labute approximate surface area is 131 Å². The van der Waals surface area contributed by atoms with Gasteiger partial charge < -0.3 is 22.8 Å². The standard InChI is InChI=1S/C14H18BF3NO4/c1-8-9(6-12(20)21)5-10(15(16,17)18)7-11(8)19-13(22)23-14(2,3)4/h5,7H,6H2,1-4H3,(H,19,22)(H,20,21)/q-1. The highest BCUT2D eigenvalue weighted by atomic mass is 19.4. The van der Waals surface area contributed by atoms with Gasteiger partial charge in [0.1, 0.15) is 5.60 Å². The van der Waals surface area contributed by atoms with E-state index in [1.807, 2.05) is 0 Å². The van der Waals surface area contributed by atoms with Crippen LogP contribution in [0.1, 0.15) is 31.9 Å². The number of hydrogen-bond acceptors (Lipinski definition) is 3. The molecule has 23 heavy (non-hydrogen) atoms. The number of ether oxygens (including phenoxy) is 1. The minimum absolute atomic E-state index is 0.0136. The summed E-state index contributed by atoms with van der Waals surface area (Å²) < 4.78 is 44.0. The maximum absolute atomic E-state index is 13.0. The zero-order valence-electron chi connectivity index (χ0n) is 13.2. The zero-order valence-corrected chi connectivity index (χ0v) is 13.2. The van der Waals surface area contributed by atoms with E-state index in [1.54, 1.807) is 20.8 Å². The third-order valence-corrected chi connectivity index (χ3v) is 2.89. The molecule has 1 aromatic rings. The van der Waals surface area contributed by atoms with E-state index in [2.05, 4.69) is 5.32 Å². The van der Waals surface area contributed by atoms with Crippen molar-refractivity contribution in [2.45, 2.75) is 39.7 Å². The van der Waals surface area contributed by atoms with Crippen LogP contribution >= 0.6 is 0 Å². The quantitative estimate of drug-likeness (QED) is 0.831. The SMILES string of the molecule is Cc1c(CC(=O)O)cc([B-](F)(F)F)cc1NC(=O)OC(C)(C)C. The van der Waals surface area contributed by atoms with Gasteiger partial charge in [-0.25, -0.2) is 4.79 Å². The number of carbonyl (C=O) groups excluding carboxylic acids is 1. The van der Waals surface area contributed by atoms with Crippen molar-refractivity contribution < 1.29 is 32.4 Å². The predicted octanol–water partition coefficient (Wildman–Crippen LogP) is 3.02. The second-order valence-electron chi connectivity index (χ2n) is 6.12. The summed E-state index contributed by atoms with van der Waals surface area (Å²) in [5, 5.41) is 11.1. The van der Waals surface area contributed by atoms with Crippen LogP contribution < -0.4 is 10.8 Å². The lowest BCUT2D eigenvalue weighted by atomic mass is 9.78. The average molecular weight is 332 g/mol. The molecule has 0 aliphatic rings. The van der Waals surface area contributed by atoms with Gasteiger partial charge in [0.25, 0.3) is 0 Å². The number of carbonyl (C=O) groups is 2. The molecular formula is C14H18BF3NO4-. The van der Waals surface area contributed by atoms with Crippen molar-refractivity contribution in [1.82, 2.24) is 0 Å². The van der Waals surface area contributed by atoms with Crippen LogP contribution in [0.2, 0.25) is 0 Å². The highest BCUT2D eigenvalue weighted by molar-refractivity contribution is 6.73. The van der Waals surface area contributed by atoms with Gasteiger partial charge in [-0.05, 0) is 38.8 Å². The Morgan fingerprint density at radius 1 is 1.26 bits per heavy atom. The van der Waals surface area contributed by atoms with Crippen molar-refractivity contribution in [1.29, 1.82) is 0 Å². The summed E-state index contributed by atoms with van der Waals surface area (Å²) >= 11 is 0. The molecule has 0 saturated carbocycles. The van der Waals surface area contributed by atoms with Gasteiger partial charge in [-0.1, -0.05) is 12.1 Å². The number of halogens is 3. The number of amides is 1. The van der Waals surface area contributed by atoms with Crippen LogP contribution in [-0.2, 0) is 16.0 Å². The summed E-state index contributed by atoms with van der Waals surface area (Å²) in [6.07, 6.45) is -1.48. The summed E-state index contributed by atoms with van der Waals surface area (Å²) in [6.45, 7) is 0.957. The van der Waals surface area contributed by atoms with Crippen molar-refractivity contribution in [3.05, 3.63) is 23.3 Å². The van der Waals surface area contributed by atoms with E-state index in [1.165, 1.54) is 6.92 Å². The number of carboxylic acid groups (broad SMARTS) is 1. The largest absolute Gasteiger partial charge is 0.509 e. The summed E-state index contributed by atoms with van der Waals surface area (Å²) in [5.41, 5.74) is -1.67. The average Bonchev–Trinajstić information content (AvgIpc) is 2.29. The first-order chi connectivity index (χ1) is 10.3. The molecule has 0 heterocycles. The molecular weight excluding hydrogens is 314 g/mol. The normalized spacial score (nSPS) is 12.0. The topological polar surface area (TPSA) is 75.6 Å². The predicted molar refractivity (Wildman–Crippen MR) is 81.1 cm³/mol. The molecule has 1 aromatic carbocycles. The lowest BCUT2D eigenvalue weighted by Gasteiger charge is -2.23. The molecule has 0 aromatic heterocycles. The first kappa shape index (κ1) is 18.9. The van der Waals surface area contributed by atoms with E-state index in [0.29, 0.717) is 0 Å². The van der Waals surface area contributed by atoms with Crippen molar-refractivity contribution in [3.63, 3.8) is 0 Å². The van der Waals surface area contributed by atoms with Crippen LogP contribution in [0, 0.1) is 6.92 Å². The fourth-order valence-corrected chi connectivity index (χ4v) is 1.88. The Bertz CT molecular complexity index is 624. The number of carboxylic acids is 1. The Morgan fingerprint density at radius 3 is 2.26 bits per heavy atom. The second-order valence-corrected chi connectivity index (χ2v) is 6.12. The summed E-state index contributed by atoms with van der Waals surface area (Å²) in [6, 6.07) is 1.58. The van der Waals surface area contributed by atoms with E-state index in [-0.39, 0.29) is 16.8 Å². The molecule has 0 fully saturated rings. The van der Waals surface area contributed by atoms with Gasteiger partial charge in [0.15, 0.2) is 0 Å². The van der Waals surface area contributed by atoms with Gasteiger partial charge in [0.2, 0.25) is 0 Å². The number of hydrogen-bond donors (Lipinski definition) is 2. The van der Waals surface area contributed by atoms with Crippen LogP contribution in [0.5, 0.6) is 0 Å². The van der Waals surface area contributed by atoms with Crippen molar-refractivity contribution in [2.75, 3.05) is 5.32 Å². The van der Waals surface area contributed by atoms with E-state index in [0.717, 1.165) is 12.1 Å². The molecule has 1 amide bonds. The lowest BCUT2D eigenvalue weighted by molar-refractivity contribution is -0.136. The third kappa shape index (κ3) is 5.84. The molecule has 0 saturated heterocycles. The van der Waals surface area contributed by atoms with Crippen LogP contribution in [0.15, 0.2) is 12.1 Å². The lowest BCUT2D eigenvalue weighted by Crippen LogP contribution is -2.35. The minimum Gasteiger partial charge on any atom is -0.481 e. The van der Waals surface area contributed by atoms with Crippen molar-refractivity contribution in [3.8, 4) is 0 Å². The second kappa shape index (κ2) is 6.51. The highest BCUT2D eigenvalue weighted by Crippen LogP contribution is 2.23. The number of anilines is 1. The Balaban J connectivity index is 3.24.